The Hall–Kier alpha value is -1.42. The molecule has 0 rings (SSSR count). The number of carbonyl (C=O) groups excluding carboxylic acids is 1. The van der Waals surface area contributed by atoms with Gasteiger partial charge in [0.1, 0.15) is 0 Å². The molecule has 1 atom stereocenters. The lowest BCUT2D eigenvalue weighted by Crippen LogP contribution is -2.35. The Labute approximate surface area is 137 Å². The summed E-state index contributed by atoms with van der Waals surface area (Å²) in [6.45, 7) is 19.2. The summed E-state index contributed by atoms with van der Waals surface area (Å²) in [5.74, 6) is 0.510. The third kappa shape index (κ3) is 12.3. The highest BCUT2D eigenvalue weighted by atomic mass is 16.5. The van der Waals surface area contributed by atoms with E-state index >= 15 is 0 Å². The first kappa shape index (κ1) is 22.9. The Morgan fingerprint density at radius 2 is 1.91 bits per heavy atom. The van der Waals surface area contributed by atoms with Crippen LogP contribution >= 0.6 is 0 Å². The number of nitrogens with zero attached hydrogens (tertiary/aromatic N) is 2. The van der Waals surface area contributed by atoms with Crippen molar-refractivity contribution < 1.29 is 9.53 Å². The predicted molar refractivity (Wildman–Crippen MR) is 96.3 cm³/mol. The van der Waals surface area contributed by atoms with E-state index in [0.717, 1.165) is 37.3 Å². The molecule has 0 saturated carbocycles. The van der Waals surface area contributed by atoms with Crippen LogP contribution in [0.15, 0.2) is 29.4 Å². The van der Waals surface area contributed by atoms with Crippen molar-refractivity contribution in [1.82, 2.24) is 4.90 Å². The number of methoxy groups -OCH3 is 1. The molecule has 0 radical (unpaired) electrons. The molecule has 0 aromatic rings. The molecule has 4 nitrogen and oxygen atoms in total. The number of hydrogen-bond donors (Lipinski definition) is 0. The number of hydrogen-bond acceptors (Lipinski definition) is 3. The molecule has 0 aliphatic heterocycles. The van der Waals surface area contributed by atoms with Gasteiger partial charge < -0.3 is 9.64 Å². The van der Waals surface area contributed by atoms with Gasteiger partial charge in [-0.2, -0.15) is 0 Å². The van der Waals surface area contributed by atoms with Crippen molar-refractivity contribution in [3.8, 4) is 0 Å². The molecule has 1 amide bonds. The van der Waals surface area contributed by atoms with Crippen LogP contribution in [0, 0.1) is 5.92 Å². The Morgan fingerprint density at radius 3 is 2.32 bits per heavy atom. The van der Waals surface area contributed by atoms with Crippen LogP contribution in [0.2, 0.25) is 0 Å². The van der Waals surface area contributed by atoms with Crippen molar-refractivity contribution in [1.29, 1.82) is 0 Å². The Bertz CT molecular complexity index is 362. The fourth-order valence-corrected chi connectivity index (χ4v) is 1.81. The third-order valence-corrected chi connectivity index (χ3v) is 3.09. The summed E-state index contributed by atoms with van der Waals surface area (Å²) < 4.78 is 5.11. The molecule has 22 heavy (non-hydrogen) atoms. The molecule has 0 N–H and O–H groups in total. The van der Waals surface area contributed by atoms with Gasteiger partial charge >= 0.3 is 0 Å². The van der Waals surface area contributed by atoms with E-state index in [0.29, 0.717) is 12.5 Å². The molecule has 0 aliphatic rings. The molecule has 0 aromatic carbocycles. The van der Waals surface area contributed by atoms with E-state index in [9.17, 15) is 4.79 Å². The minimum absolute atomic E-state index is 0.0609. The fraction of sp³-hybridized carbons (Fsp3) is 0.667. The highest BCUT2D eigenvalue weighted by molar-refractivity contribution is 5.81. The van der Waals surface area contributed by atoms with Gasteiger partial charge in [-0.15, -0.1) is 0 Å². The van der Waals surface area contributed by atoms with Crippen LogP contribution in [-0.2, 0) is 9.53 Å². The van der Waals surface area contributed by atoms with Crippen LogP contribution < -0.4 is 0 Å². The van der Waals surface area contributed by atoms with Crippen molar-refractivity contribution in [3.63, 3.8) is 0 Å². The maximum Gasteiger partial charge on any atom is 0.219 e. The highest BCUT2D eigenvalue weighted by Gasteiger charge is 2.15. The summed E-state index contributed by atoms with van der Waals surface area (Å²) in [5.41, 5.74) is 1.54. The third-order valence-electron chi connectivity index (χ3n) is 3.09. The van der Waals surface area contributed by atoms with Gasteiger partial charge in [0.2, 0.25) is 5.91 Å². The molecule has 0 heterocycles. The lowest BCUT2D eigenvalue weighted by Gasteiger charge is -2.26. The summed E-state index contributed by atoms with van der Waals surface area (Å²) in [4.78, 5) is 17.7. The number of amides is 1. The van der Waals surface area contributed by atoms with Gasteiger partial charge in [0.25, 0.3) is 0 Å². The van der Waals surface area contributed by atoms with Crippen molar-refractivity contribution in [2.24, 2.45) is 10.9 Å². The topological polar surface area (TPSA) is 41.9 Å². The molecule has 0 fully saturated rings. The number of carbonyl (C=O) groups is 1. The number of aliphatic imine (C=N–C) groups is 1. The molecular weight excluding hydrogens is 276 g/mol. The SMILES string of the molecule is C=C(C=NC(=C)C)CN(CC(CC)CCOC)C(C)=O.CC. The number of rotatable bonds is 10. The molecule has 0 saturated heterocycles. The van der Waals surface area contributed by atoms with E-state index in [1.807, 2.05) is 25.7 Å². The van der Waals surface area contributed by atoms with Gasteiger partial charge in [-0.1, -0.05) is 40.3 Å². The maximum atomic E-state index is 11.7. The van der Waals surface area contributed by atoms with E-state index in [1.54, 1.807) is 20.2 Å². The molecule has 0 bridgehead atoms. The summed E-state index contributed by atoms with van der Waals surface area (Å²) in [6, 6.07) is 0. The monoisotopic (exact) mass is 310 g/mol. The number of allylic oxidation sites excluding steroid dienone is 1. The zero-order valence-electron chi connectivity index (χ0n) is 15.3. The first-order chi connectivity index (χ1) is 10.4. The summed E-state index contributed by atoms with van der Waals surface area (Å²) in [7, 11) is 1.70. The summed E-state index contributed by atoms with van der Waals surface area (Å²) in [5, 5.41) is 0. The molecule has 1 unspecified atom stereocenters. The standard InChI is InChI=1S/C16H28N2O2.C2H6/c1-7-16(8-9-20-6)12-18(15(5)19)11-14(4)10-17-13(2)3;1-2/h10,16H,2,4,7-9,11-12H2,1,3,5-6H3;1-2H3. The minimum atomic E-state index is 0.0609. The first-order valence-corrected chi connectivity index (χ1v) is 8.02. The van der Waals surface area contributed by atoms with Gasteiger partial charge in [0.15, 0.2) is 0 Å². The zero-order valence-corrected chi connectivity index (χ0v) is 15.3. The molecule has 0 aromatic heterocycles. The predicted octanol–water partition coefficient (Wildman–Crippen LogP) is 4.08. The number of ether oxygens (including phenoxy) is 1. The van der Waals surface area contributed by atoms with E-state index in [2.05, 4.69) is 25.1 Å². The van der Waals surface area contributed by atoms with E-state index in [-0.39, 0.29) is 5.91 Å². The largest absolute Gasteiger partial charge is 0.385 e. The molecule has 0 spiro atoms. The van der Waals surface area contributed by atoms with Gasteiger partial charge in [-0.3, -0.25) is 9.79 Å². The lowest BCUT2D eigenvalue weighted by molar-refractivity contribution is -0.129. The zero-order chi connectivity index (χ0) is 17.5. The van der Waals surface area contributed by atoms with Crippen molar-refractivity contribution in [3.05, 3.63) is 24.4 Å². The Morgan fingerprint density at radius 1 is 1.32 bits per heavy atom. The van der Waals surface area contributed by atoms with Gasteiger partial charge in [-0.05, 0) is 24.8 Å². The second kappa shape index (κ2) is 14.5. The maximum absolute atomic E-state index is 11.7. The molecule has 4 heteroatoms. The second-order valence-corrected chi connectivity index (χ2v) is 5.11. The fourth-order valence-electron chi connectivity index (χ4n) is 1.81. The van der Waals surface area contributed by atoms with E-state index in [4.69, 9.17) is 4.74 Å². The van der Waals surface area contributed by atoms with Crippen molar-refractivity contribution >= 4 is 12.1 Å². The van der Waals surface area contributed by atoms with Gasteiger partial charge in [0.05, 0.1) is 0 Å². The van der Waals surface area contributed by atoms with Crippen LogP contribution in [0.3, 0.4) is 0 Å². The van der Waals surface area contributed by atoms with Crippen LogP contribution in [0.25, 0.3) is 0 Å². The van der Waals surface area contributed by atoms with Crippen LogP contribution in [0.5, 0.6) is 0 Å². The first-order valence-electron chi connectivity index (χ1n) is 8.02. The van der Waals surface area contributed by atoms with Gasteiger partial charge in [0, 0.05) is 45.6 Å². The summed E-state index contributed by atoms with van der Waals surface area (Å²) in [6.07, 6.45) is 3.66. The van der Waals surface area contributed by atoms with Crippen LogP contribution in [0.1, 0.15) is 47.5 Å². The second-order valence-electron chi connectivity index (χ2n) is 5.11. The smallest absolute Gasteiger partial charge is 0.219 e. The highest BCUT2D eigenvalue weighted by Crippen LogP contribution is 2.12. The Kier molecular flexibility index (Phi) is 15.1. The quantitative estimate of drug-likeness (QED) is 0.570. The summed E-state index contributed by atoms with van der Waals surface area (Å²) >= 11 is 0. The van der Waals surface area contributed by atoms with E-state index in [1.165, 1.54) is 0 Å². The van der Waals surface area contributed by atoms with Crippen molar-refractivity contribution in [2.45, 2.75) is 47.5 Å². The van der Waals surface area contributed by atoms with Gasteiger partial charge in [-0.25, -0.2) is 0 Å². The minimum Gasteiger partial charge on any atom is -0.385 e. The molecular formula is C18H34N2O2. The Balaban J connectivity index is 0. The van der Waals surface area contributed by atoms with Crippen LogP contribution in [-0.4, -0.2) is 43.8 Å². The average Bonchev–Trinajstić information content (AvgIpc) is 2.50. The normalized spacial score (nSPS) is 11.5. The van der Waals surface area contributed by atoms with Crippen LogP contribution in [0.4, 0.5) is 0 Å². The molecule has 0 aliphatic carbocycles. The van der Waals surface area contributed by atoms with Crippen molar-refractivity contribution in [2.75, 3.05) is 26.8 Å². The molecule has 128 valence electrons. The average molecular weight is 310 g/mol. The lowest BCUT2D eigenvalue weighted by atomic mass is 10.0. The van der Waals surface area contributed by atoms with E-state index < -0.39 is 0 Å².